The van der Waals surface area contributed by atoms with E-state index >= 15 is 0 Å². The van der Waals surface area contributed by atoms with Crippen molar-refractivity contribution in [3.63, 3.8) is 0 Å². The first-order chi connectivity index (χ1) is 8.50. The van der Waals surface area contributed by atoms with Crippen LogP contribution in [-0.2, 0) is 0 Å². The van der Waals surface area contributed by atoms with Gasteiger partial charge in [0.25, 0.3) is 0 Å². The Morgan fingerprint density at radius 2 is 2.22 bits per heavy atom. The molecule has 0 saturated carbocycles. The maximum Gasteiger partial charge on any atom is 0.348 e. The molecule has 1 aliphatic heterocycles. The number of rotatable bonds is 2. The van der Waals surface area contributed by atoms with E-state index in [1.165, 1.54) is 6.33 Å². The number of halogens is 1. The lowest BCUT2D eigenvalue weighted by atomic mass is 10.2. The number of hydrogen-bond acceptors (Lipinski definition) is 6. The second-order valence-electron chi connectivity index (χ2n) is 4.37. The van der Waals surface area contributed by atoms with E-state index in [2.05, 4.69) is 21.8 Å². The fourth-order valence-corrected chi connectivity index (χ4v) is 2.18. The molecule has 0 N–H and O–H groups in total. The first kappa shape index (κ1) is 13.0. The third-order valence-corrected chi connectivity index (χ3v) is 3.48. The van der Waals surface area contributed by atoms with Gasteiger partial charge in [-0.3, -0.25) is 10.1 Å². The lowest BCUT2D eigenvalue weighted by molar-refractivity contribution is -0.384. The van der Waals surface area contributed by atoms with Crippen LogP contribution in [-0.4, -0.2) is 52.5 Å². The molecule has 0 aromatic carbocycles. The number of nitro groups is 1. The molecule has 0 spiro atoms. The van der Waals surface area contributed by atoms with Crippen molar-refractivity contribution >= 4 is 23.1 Å². The standard InChI is InChI=1S/C10H14ClN5O2/c1-7-5-15(4-3-14(7)2)10-8(16(17)18)9(11)12-6-13-10/h6-7H,3-5H2,1-2H3. The quantitative estimate of drug-likeness (QED) is 0.457. The third kappa shape index (κ3) is 2.37. The highest BCUT2D eigenvalue weighted by Gasteiger charge is 2.29. The summed E-state index contributed by atoms with van der Waals surface area (Å²) >= 11 is 5.78. The van der Waals surface area contributed by atoms with Gasteiger partial charge in [0, 0.05) is 25.7 Å². The number of likely N-dealkylation sites (N-methyl/N-ethyl adjacent to an activating group) is 1. The Labute approximate surface area is 110 Å². The highest BCUT2D eigenvalue weighted by Crippen LogP contribution is 2.32. The van der Waals surface area contributed by atoms with E-state index in [1.807, 2.05) is 11.9 Å². The molecule has 1 aromatic heterocycles. The topological polar surface area (TPSA) is 75.4 Å². The van der Waals surface area contributed by atoms with Crippen molar-refractivity contribution in [2.24, 2.45) is 0 Å². The molecule has 1 aliphatic rings. The van der Waals surface area contributed by atoms with Crippen LogP contribution in [0.5, 0.6) is 0 Å². The minimum atomic E-state index is -0.527. The molecule has 2 heterocycles. The second-order valence-corrected chi connectivity index (χ2v) is 4.73. The van der Waals surface area contributed by atoms with Gasteiger partial charge < -0.3 is 9.80 Å². The minimum absolute atomic E-state index is 0.114. The van der Waals surface area contributed by atoms with Crippen LogP contribution < -0.4 is 4.90 Å². The molecule has 0 radical (unpaired) electrons. The molecular formula is C10H14ClN5O2. The summed E-state index contributed by atoms with van der Waals surface area (Å²) in [6.07, 6.45) is 1.26. The number of anilines is 1. The van der Waals surface area contributed by atoms with Crippen molar-refractivity contribution in [3.05, 3.63) is 21.6 Å². The molecule has 1 saturated heterocycles. The van der Waals surface area contributed by atoms with Gasteiger partial charge in [0.15, 0.2) is 0 Å². The molecule has 2 rings (SSSR count). The van der Waals surface area contributed by atoms with Gasteiger partial charge in [0.2, 0.25) is 11.0 Å². The molecular weight excluding hydrogens is 258 g/mol. The maximum absolute atomic E-state index is 11.0. The van der Waals surface area contributed by atoms with E-state index < -0.39 is 4.92 Å². The molecule has 0 amide bonds. The predicted octanol–water partition coefficient (Wildman–Crippen LogP) is 1.18. The summed E-state index contributed by atoms with van der Waals surface area (Å²) in [5.74, 6) is 0.306. The molecule has 1 aromatic rings. The summed E-state index contributed by atoms with van der Waals surface area (Å²) in [5, 5.41) is 10.9. The highest BCUT2D eigenvalue weighted by atomic mass is 35.5. The van der Waals surface area contributed by atoms with Crippen LogP contribution in [0.3, 0.4) is 0 Å². The third-order valence-electron chi connectivity index (χ3n) is 3.20. The number of piperazine rings is 1. The summed E-state index contributed by atoms with van der Waals surface area (Å²) in [6.45, 7) is 4.28. The van der Waals surface area contributed by atoms with Crippen molar-refractivity contribution < 1.29 is 4.92 Å². The van der Waals surface area contributed by atoms with Crippen LogP contribution in [0.15, 0.2) is 6.33 Å². The molecule has 1 atom stereocenters. The summed E-state index contributed by atoms with van der Waals surface area (Å²) in [5.41, 5.74) is -0.212. The van der Waals surface area contributed by atoms with Gasteiger partial charge in [0.1, 0.15) is 6.33 Å². The molecule has 7 nitrogen and oxygen atoms in total. The van der Waals surface area contributed by atoms with Gasteiger partial charge in [-0.15, -0.1) is 0 Å². The SMILES string of the molecule is CC1CN(c2ncnc(Cl)c2[N+](=O)[O-])CCN1C. The van der Waals surface area contributed by atoms with E-state index in [0.717, 1.165) is 6.54 Å². The van der Waals surface area contributed by atoms with Gasteiger partial charge in [-0.1, -0.05) is 11.6 Å². The monoisotopic (exact) mass is 271 g/mol. The van der Waals surface area contributed by atoms with Crippen LogP contribution in [0, 0.1) is 10.1 Å². The first-order valence-corrected chi connectivity index (χ1v) is 5.98. The Kier molecular flexibility index (Phi) is 3.63. The Morgan fingerprint density at radius 3 is 2.83 bits per heavy atom. The van der Waals surface area contributed by atoms with Crippen LogP contribution in [0.1, 0.15) is 6.92 Å². The fraction of sp³-hybridized carbons (Fsp3) is 0.600. The van der Waals surface area contributed by atoms with Crippen molar-refractivity contribution in [2.75, 3.05) is 31.6 Å². The van der Waals surface area contributed by atoms with Gasteiger partial charge in [0.05, 0.1) is 4.92 Å². The summed E-state index contributed by atoms with van der Waals surface area (Å²) < 4.78 is 0. The number of nitrogens with zero attached hydrogens (tertiary/aromatic N) is 5. The molecule has 1 unspecified atom stereocenters. The first-order valence-electron chi connectivity index (χ1n) is 5.60. The van der Waals surface area contributed by atoms with Gasteiger partial charge in [-0.05, 0) is 14.0 Å². The van der Waals surface area contributed by atoms with E-state index in [9.17, 15) is 10.1 Å². The zero-order valence-corrected chi connectivity index (χ0v) is 11.0. The molecule has 98 valence electrons. The Bertz CT molecular complexity index is 470. The lowest BCUT2D eigenvalue weighted by Gasteiger charge is -2.37. The van der Waals surface area contributed by atoms with Crippen molar-refractivity contribution in [2.45, 2.75) is 13.0 Å². The number of aromatic nitrogens is 2. The van der Waals surface area contributed by atoms with Crippen molar-refractivity contribution in [3.8, 4) is 0 Å². The fourth-order valence-electron chi connectivity index (χ4n) is 1.98. The number of hydrogen-bond donors (Lipinski definition) is 0. The molecule has 8 heteroatoms. The van der Waals surface area contributed by atoms with Crippen molar-refractivity contribution in [1.82, 2.24) is 14.9 Å². The Balaban J connectivity index is 2.34. The molecule has 0 bridgehead atoms. The molecule has 1 fully saturated rings. The van der Waals surface area contributed by atoms with Crippen molar-refractivity contribution in [1.29, 1.82) is 0 Å². The Hall–Kier alpha value is -1.47. The predicted molar refractivity (Wildman–Crippen MR) is 68.0 cm³/mol. The van der Waals surface area contributed by atoms with Crippen LogP contribution in [0.25, 0.3) is 0 Å². The maximum atomic E-state index is 11.0. The van der Waals surface area contributed by atoms with Crippen LogP contribution in [0.2, 0.25) is 5.15 Å². The molecule has 18 heavy (non-hydrogen) atoms. The zero-order chi connectivity index (χ0) is 13.3. The van der Waals surface area contributed by atoms with E-state index in [4.69, 9.17) is 11.6 Å². The smallest absolute Gasteiger partial charge is 0.348 e. The highest BCUT2D eigenvalue weighted by molar-refractivity contribution is 6.31. The van der Waals surface area contributed by atoms with Gasteiger partial charge >= 0.3 is 5.69 Å². The van der Waals surface area contributed by atoms with Crippen LogP contribution >= 0.6 is 11.6 Å². The van der Waals surface area contributed by atoms with E-state index in [1.54, 1.807) is 0 Å². The second kappa shape index (κ2) is 5.03. The summed E-state index contributed by atoms with van der Waals surface area (Å²) in [7, 11) is 2.03. The van der Waals surface area contributed by atoms with E-state index in [-0.39, 0.29) is 10.8 Å². The van der Waals surface area contributed by atoms with Gasteiger partial charge in [-0.2, -0.15) is 0 Å². The van der Waals surface area contributed by atoms with E-state index in [0.29, 0.717) is 24.9 Å². The summed E-state index contributed by atoms with van der Waals surface area (Å²) in [6, 6.07) is 0.312. The van der Waals surface area contributed by atoms with Crippen LogP contribution in [0.4, 0.5) is 11.5 Å². The Morgan fingerprint density at radius 1 is 1.50 bits per heavy atom. The zero-order valence-electron chi connectivity index (χ0n) is 10.2. The normalized spacial score (nSPS) is 21.1. The molecule has 0 aliphatic carbocycles. The van der Waals surface area contributed by atoms with Gasteiger partial charge in [-0.25, -0.2) is 9.97 Å². The average Bonchev–Trinajstić information content (AvgIpc) is 2.32. The average molecular weight is 272 g/mol. The largest absolute Gasteiger partial charge is 0.348 e. The summed E-state index contributed by atoms with van der Waals surface area (Å²) in [4.78, 5) is 22.3. The minimum Gasteiger partial charge on any atom is -0.348 e. The lowest BCUT2D eigenvalue weighted by Crippen LogP contribution is -2.50.